The average Bonchev–Trinajstić information content (AvgIpc) is 3.28. The van der Waals surface area contributed by atoms with Crippen LogP contribution in [0.25, 0.3) is 5.69 Å². The van der Waals surface area contributed by atoms with Crippen LogP contribution in [0.1, 0.15) is 35.8 Å². The molecule has 1 fully saturated rings. The van der Waals surface area contributed by atoms with Gasteiger partial charge in [0, 0.05) is 12.3 Å². The molecule has 3 rings (SSSR count). The fourth-order valence-corrected chi connectivity index (χ4v) is 2.74. The Morgan fingerprint density at radius 3 is 2.76 bits per heavy atom. The Bertz CT molecular complexity index is 808. The van der Waals surface area contributed by atoms with E-state index in [0.29, 0.717) is 30.3 Å². The second-order valence-electron chi connectivity index (χ2n) is 6.28. The van der Waals surface area contributed by atoms with Crippen LogP contribution in [0, 0.1) is 12.3 Å². The molecule has 0 aliphatic heterocycles. The third kappa shape index (κ3) is 3.41. The zero-order valence-corrected chi connectivity index (χ0v) is 14.3. The first-order chi connectivity index (χ1) is 12.0. The summed E-state index contributed by atoms with van der Waals surface area (Å²) in [6.07, 6.45) is 2.99. The Morgan fingerprint density at radius 1 is 1.40 bits per heavy atom. The number of hydrogen-bond acceptors (Lipinski definition) is 4. The van der Waals surface area contributed by atoms with Gasteiger partial charge in [0.15, 0.2) is 0 Å². The number of nitrogens with one attached hydrogen (secondary N) is 1. The van der Waals surface area contributed by atoms with Crippen LogP contribution in [0.3, 0.4) is 0 Å². The van der Waals surface area contributed by atoms with Gasteiger partial charge in [-0.1, -0.05) is 6.07 Å². The number of aromatic carboxylic acids is 1. The summed E-state index contributed by atoms with van der Waals surface area (Å²) in [4.78, 5) is 23.7. The third-order valence-electron chi connectivity index (χ3n) is 4.51. The van der Waals surface area contributed by atoms with Crippen molar-refractivity contribution in [3.8, 4) is 5.69 Å². The van der Waals surface area contributed by atoms with Gasteiger partial charge in [0.2, 0.25) is 5.91 Å². The highest BCUT2D eigenvalue weighted by atomic mass is 16.5. The van der Waals surface area contributed by atoms with Crippen molar-refractivity contribution in [3.63, 3.8) is 0 Å². The van der Waals surface area contributed by atoms with E-state index in [1.807, 2.05) is 13.0 Å². The van der Waals surface area contributed by atoms with Crippen LogP contribution in [0.5, 0.6) is 0 Å². The summed E-state index contributed by atoms with van der Waals surface area (Å²) in [6, 6.07) is 7.19. The van der Waals surface area contributed by atoms with Crippen molar-refractivity contribution in [2.24, 2.45) is 5.41 Å². The summed E-state index contributed by atoms with van der Waals surface area (Å²) in [6.45, 7) is 4.64. The molecule has 2 N–H and O–H groups in total. The molecule has 1 aromatic heterocycles. The lowest BCUT2D eigenvalue weighted by Gasteiger charge is -2.15. The summed E-state index contributed by atoms with van der Waals surface area (Å²) < 4.78 is 6.97. The third-order valence-corrected chi connectivity index (χ3v) is 4.51. The van der Waals surface area contributed by atoms with Crippen LogP contribution < -0.4 is 5.32 Å². The molecule has 1 amide bonds. The average molecular weight is 343 g/mol. The molecule has 0 spiro atoms. The van der Waals surface area contributed by atoms with Gasteiger partial charge < -0.3 is 15.2 Å². The van der Waals surface area contributed by atoms with E-state index >= 15 is 0 Å². The van der Waals surface area contributed by atoms with E-state index in [4.69, 9.17) is 9.84 Å². The Labute approximate surface area is 145 Å². The summed E-state index contributed by atoms with van der Waals surface area (Å²) in [7, 11) is 0. The summed E-state index contributed by atoms with van der Waals surface area (Å²) in [5, 5.41) is 16.2. The first kappa shape index (κ1) is 17.2. The molecule has 1 aromatic carbocycles. The van der Waals surface area contributed by atoms with Crippen LogP contribution in [0.4, 0.5) is 5.69 Å². The molecule has 2 aromatic rings. The van der Waals surface area contributed by atoms with Gasteiger partial charge in [0.05, 0.1) is 29.6 Å². The second kappa shape index (κ2) is 6.68. The number of benzene rings is 1. The number of anilines is 1. The number of nitrogens with zero attached hydrogens (tertiary/aromatic N) is 2. The maximum absolute atomic E-state index is 12.5. The lowest BCUT2D eigenvalue weighted by molar-refractivity contribution is -0.123. The summed E-state index contributed by atoms with van der Waals surface area (Å²) in [5.74, 6) is -1.05. The number of ether oxygens (including phenoxy) is 1. The molecular weight excluding hydrogens is 322 g/mol. The van der Waals surface area contributed by atoms with Gasteiger partial charge >= 0.3 is 5.97 Å². The molecule has 0 saturated heterocycles. The maximum atomic E-state index is 12.5. The van der Waals surface area contributed by atoms with Crippen molar-refractivity contribution < 1.29 is 19.4 Å². The number of carboxylic acids is 1. The van der Waals surface area contributed by atoms with Crippen LogP contribution in [-0.4, -0.2) is 40.0 Å². The SMILES string of the molecule is CCOCC1(C(=O)Nc2cccc(-n3ncc(C(=O)O)c3C)c2)CC1. The van der Waals surface area contributed by atoms with Crippen molar-refractivity contribution in [1.82, 2.24) is 9.78 Å². The van der Waals surface area contributed by atoms with Crippen molar-refractivity contribution in [2.45, 2.75) is 26.7 Å². The van der Waals surface area contributed by atoms with Gasteiger partial charge in [0.1, 0.15) is 5.56 Å². The predicted octanol–water partition coefficient (Wildman–Crippen LogP) is 2.63. The standard InChI is InChI=1S/C18H21N3O4/c1-3-25-11-18(7-8-18)17(24)20-13-5-4-6-14(9-13)21-12(2)15(10-19-21)16(22)23/h4-6,9-10H,3,7-8,11H2,1-2H3,(H,20,24)(H,22,23). The number of amides is 1. The molecule has 1 saturated carbocycles. The summed E-state index contributed by atoms with van der Waals surface area (Å²) in [5.41, 5.74) is 1.62. The van der Waals surface area contributed by atoms with E-state index in [2.05, 4.69) is 10.4 Å². The number of carbonyl (C=O) groups excluding carboxylic acids is 1. The first-order valence-corrected chi connectivity index (χ1v) is 8.24. The maximum Gasteiger partial charge on any atom is 0.339 e. The smallest absolute Gasteiger partial charge is 0.339 e. The number of carbonyl (C=O) groups is 2. The molecule has 0 atom stereocenters. The molecule has 0 unspecified atom stereocenters. The van der Waals surface area contributed by atoms with E-state index in [1.54, 1.807) is 29.8 Å². The Morgan fingerprint density at radius 2 is 2.16 bits per heavy atom. The summed E-state index contributed by atoms with van der Waals surface area (Å²) >= 11 is 0. The minimum atomic E-state index is -1.01. The minimum Gasteiger partial charge on any atom is -0.478 e. The molecule has 7 heteroatoms. The molecule has 0 radical (unpaired) electrons. The predicted molar refractivity (Wildman–Crippen MR) is 92.1 cm³/mol. The molecule has 132 valence electrons. The monoisotopic (exact) mass is 343 g/mol. The largest absolute Gasteiger partial charge is 0.478 e. The van der Waals surface area contributed by atoms with Crippen LogP contribution in [0.15, 0.2) is 30.5 Å². The molecule has 1 aliphatic rings. The van der Waals surface area contributed by atoms with E-state index in [-0.39, 0.29) is 11.5 Å². The van der Waals surface area contributed by atoms with Crippen molar-refractivity contribution in [2.75, 3.05) is 18.5 Å². The van der Waals surface area contributed by atoms with Crippen molar-refractivity contribution in [3.05, 3.63) is 41.7 Å². The number of carboxylic acid groups (broad SMARTS) is 1. The van der Waals surface area contributed by atoms with E-state index in [1.165, 1.54) is 6.20 Å². The van der Waals surface area contributed by atoms with Gasteiger partial charge in [-0.15, -0.1) is 0 Å². The highest BCUT2D eigenvalue weighted by molar-refractivity contribution is 5.97. The molecule has 25 heavy (non-hydrogen) atoms. The van der Waals surface area contributed by atoms with E-state index in [9.17, 15) is 9.59 Å². The van der Waals surface area contributed by atoms with Crippen LogP contribution in [0.2, 0.25) is 0 Å². The van der Waals surface area contributed by atoms with E-state index in [0.717, 1.165) is 12.8 Å². The number of hydrogen-bond donors (Lipinski definition) is 2. The lowest BCUT2D eigenvalue weighted by Crippen LogP contribution is -2.28. The van der Waals surface area contributed by atoms with Gasteiger partial charge in [-0.3, -0.25) is 4.79 Å². The zero-order chi connectivity index (χ0) is 18.0. The normalized spacial score (nSPS) is 15.0. The van der Waals surface area contributed by atoms with Gasteiger partial charge in [-0.05, 0) is 44.9 Å². The van der Waals surface area contributed by atoms with Crippen molar-refractivity contribution in [1.29, 1.82) is 0 Å². The van der Waals surface area contributed by atoms with Gasteiger partial charge in [0.25, 0.3) is 0 Å². The molecule has 1 aliphatic carbocycles. The molecule has 0 bridgehead atoms. The number of aromatic nitrogens is 2. The highest BCUT2D eigenvalue weighted by Crippen LogP contribution is 2.46. The topological polar surface area (TPSA) is 93.5 Å². The molecular formula is C18H21N3O4. The molecule has 7 nitrogen and oxygen atoms in total. The lowest BCUT2D eigenvalue weighted by atomic mass is 10.1. The quantitative estimate of drug-likeness (QED) is 0.806. The fourth-order valence-electron chi connectivity index (χ4n) is 2.74. The highest BCUT2D eigenvalue weighted by Gasteiger charge is 2.50. The minimum absolute atomic E-state index is 0.0403. The van der Waals surface area contributed by atoms with Crippen LogP contribution in [-0.2, 0) is 9.53 Å². The Balaban J connectivity index is 1.78. The van der Waals surface area contributed by atoms with Crippen molar-refractivity contribution >= 4 is 17.6 Å². The molecule has 1 heterocycles. The van der Waals surface area contributed by atoms with Gasteiger partial charge in [-0.25, -0.2) is 9.48 Å². The fraction of sp³-hybridized carbons (Fsp3) is 0.389. The first-order valence-electron chi connectivity index (χ1n) is 8.24. The van der Waals surface area contributed by atoms with E-state index < -0.39 is 11.4 Å². The zero-order valence-electron chi connectivity index (χ0n) is 14.3. The van der Waals surface area contributed by atoms with Gasteiger partial charge in [-0.2, -0.15) is 5.10 Å². The second-order valence-corrected chi connectivity index (χ2v) is 6.28. The number of rotatable bonds is 7. The Hall–Kier alpha value is -2.67. The Kier molecular flexibility index (Phi) is 4.59. The van der Waals surface area contributed by atoms with Crippen LogP contribution >= 0.6 is 0 Å².